The van der Waals surface area contributed by atoms with Crippen molar-refractivity contribution < 1.29 is 9.18 Å². The SMILES string of the molecule is CCn1ncc(CN2C[C@@H]3CN(C(=O)N(C)C)[C@H](c4cccc(F)c4)[C@@H]3C2)c1C. The van der Waals surface area contributed by atoms with E-state index in [0.717, 1.165) is 31.7 Å². The van der Waals surface area contributed by atoms with Crippen molar-refractivity contribution in [2.75, 3.05) is 33.7 Å². The molecule has 0 N–H and O–H groups in total. The molecule has 2 aliphatic rings. The molecular weight excluding hydrogens is 369 g/mol. The predicted octanol–water partition coefficient (Wildman–Crippen LogP) is 3.14. The van der Waals surface area contributed by atoms with Crippen LogP contribution in [0.15, 0.2) is 30.5 Å². The average molecular weight is 400 g/mol. The summed E-state index contributed by atoms with van der Waals surface area (Å²) in [6, 6.07) is 6.65. The van der Waals surface area contributed by atoms with Crippen LogP contribution in [0.3, 0.4) is 0 Å². The first-order valence-electron chi connectivity index (χ1n) is 10.4. The summed E-state index contributed by atoms with van der Waals surface area (Å²) >= 11 is 0. The van der Waals surface area contributed by atoms with E-state index in [0.29, 0.717) is 18.4 Å². The number of hydrogen-bond donors (Lipinski definition) is 0. The molecule has 156 valence electrons. The molecule has 29 heavy (non-hydrogen) atoms. The Bertz CT molecular complexity index is 895. The molecule has 2 fully saturated rings. The van der Waals surface area contributed by atoms with Gasteiger partial charge in [0.25, 0.3) is 0 Å². The van der Waals surface area contributed by atoms with Gasteiger partial charge in [0, 0.05) is 64.0 Å². The Morgan fingerprint density at radius 2 is 2.07 bits per heavy atom. The number of aromatic nitrogens is 2. The minimum atomic E-state index is -0.249. The Morgan fingerprint density at radius 1 is 1.28 bits per heavy atom. The number of halogens is 1. The molecule has 0 unspecified atom stereocenters. The van der Waals surface area contributed by atoms with Crippen LogP contribution in [0.1, 0.15) is 29.8 Å². The van der Waals surface area contributed by atoms with E-state index in [2.05, 4.69) is 23.8 Å². The first-order chi connectivity index (χ1) is 13.9. The first kappa shape index (κ1) is 19.9. The Labute approximate surface area is 171 Å². The third-order valence-electron chi connectivity index (χ3n) is 6.46. The van der Waals surface area contributed by atoms with Gasteiger partial charge in [-0.15, -0.1) is 0 Å². The van der Waals surface area contributed by atoms with Gasteiger partial charge in [-0.2, -0.15) is 5.10 Å². The summed E-state index contributed by atoms with van der Waals surface area (Å²) in [5.41, 5.74) is 3.37. The molecule has 0 spiro atoms. The fourth-order valence-corrected chi connectivity index (χ4v) is 5.04. The molecular formula is C22H30FN5O. The lowest BCUT2D eigenvalue weighted by Gasteiger charge is -2.32. The summed E-state index contributed by atoms with van der Waals surface area (Å²) < 4.78 is 16.0. The highest BCUT2D eigenvalue weighted by molar-refractivity contribution is 5.75. The minimum absolute atomic E-state index is 0.000257. The zero-order chi connectivity index (χ0) is 20.7. The maximum atomic E-state index is 14.0. The van der Waals surface area contributed by atoms with Crippen molar-refractivity contribution in [1.29, 1.82) is 0 Å². The van der Waals surface area contributed by atoms with Crippen LogP contribution in [-0.4, -0.2) is 64.2 Å². The Balaban J connectivity index is 1.57. The van der Waals surface area contributed by atoms with Gasteiger partial charge in [-0.3, -0.25) is 9.58 Å². The highest BCUT2D eigenvalue weighted by Crippen LogP contribution is 2.45. The normalized spacial score (nSPS) is 24.2. The van der Waals surface area contributed by atoms with Gasteiger partial charge in [-0.1, -0.05) is 12.1 Å². The molecule has 2 aromatic rings. The number of fused-ring (bicyclic) bond motifs is 1. The van der Waals surface area contributed by atoms with E-state index < -0.39 is 0 Å². The van der Waals surface area contributed by atoms with E-state index >= 15 is 0 Å². The molecule has 1 aromatic carbocycles. The van der Waals surface area contributed by atoms with Crippen LogP contribution in [0.5, 0.6) is 0 Å². The van der Waals surface area contributed by atoms with E-state index in [1.165, 1.54) is 17.3 Å². The van der Waals surface area contributed by atoms with Gasteiger partial charge >= 0.3 is 6.03 Å². The molecule has 3 atom stereocenters. The fourth-order valence-electron chi connectivity index (χ4n) is 5.04. The number of rotatable bonds is 4. The van der Waals surface area contributed by atoms with Crippen molar-refractivity contribution in [3.8, 4) is 0 Å². The van der Waals surface area contributed by atoms with Crippen molar-refractivity contribution >= 4 is 6.03 Å². The monoisotopic (exact) mass is 399 g/mol. The van der Waals surface area contributed by atoms with Crippen molar-refractivity contribution in [1.82, 2.24) is 24.5 Å². The number of likely N-dealkylation sites (tertiary alicyclic amines) is 2. The zero-order valence-electron chi connectivity index (χ0n) is 17.7. The van der Waals surface area contributed by atoms with Crippen molar-refractivity contribution in [3.63, 3.8) is 0 Å². The topological polar surface area (TPSA) is 44.6 Å². The Hall–Kier alpha value is -2.41. The van der Waals surface area contributed by atoms with Gasteiger partial charge in [0.05, 0.1) is 12.2 Å². The first-order valence-corrected chi connectivity index (χ1v) is 10.4. The number of hydrogen-bond acceptors (Lipinski definition) is 3. The largest absolute Gasteiger partial charge is 0.331 e. The van der Waals surface area contributed by atoms with Gasteiger partial charge in [0.2, 0.25) is 0 Å². The van der Waals surface area contributed by atoms with E-state index in [4.69, 9.17) is 0 Å². The smallest absolute Gasteiger partial charge is 0.320 e. The van der Waals surface area contributed by atoms with Crippen LogP contribution in [0.2, 0.25) is 0 Å². The van der Waals surface area contributed by atoms with Crippen LogP contribution >= 0.6 is 0 Å². The molecule has 7 heteroatoms. The molecule has 0 radical (unpaired) electrons. The van der Waals surface area contributed by atoms with Crippen molar-refractivity contribution in [2.24, 2.45) is 11.8 Å². The number of aryl methyl sites for hydroxylation is 1. The molecule has 0 aliphatic carbocycles. The molecule has 4 rings (SSSR count). The van der Waals surface area contributed by atoms with Crippen LogP contribution < -0.4 is 0 Å². The van der Waals surface area contributed by atoms with Crippen molar-refractivity contribution in [2.45, 2.75) is 33.0 Å². The summed E-state index contributed by atoms with van der Waals surface area (Å²) in [7, 11) is 3.55. The number of carbonyl (C=O) groups is 1. The molecule has 2 saturated heterocycles. The third-order valence-corrected chi connectivity index (χ3v) is 6.46. The van der Waals surface area contributed by atoms with Crippen LogP contribution in [-0.2, 0) is 13.1 Å². The number of amides is 2. The summed E-state index contributed by atoms with van der Waals surface area (Å²) in [4.78, 5) is 18.8. The maximum Gasteiger partial charge on any atom is 0.320 e. The van der Waals surface area contributed by atoms with E-state index in [1.54, 1.807) is 31.1 Å². The van der Waals surface area contributed by atoms with Gasteiger partial charge in [-0.25, -0.2) is 9.18 Å². The van der Waals surface area contributed by atoms with E-state index in [9.17, 15) is 9.18 Å². The number of urea groups is 1. The van der Waals surface area contributed by atoms with Crippen LogP contribution in [0, 0.1) is 24.6 Å². The summed E-state index contributed by atoms with van der Waals surface area (Å²) in [6.45, 7) is 8.53. The lowest BCUT2D eigenvalue weighted by atomic mass is 9.89. The van der Waals surface area contributed by atoms with Gasteiger partial charge in [-0.05, 0) is 37.5 Å². The number of carbonyl (C=O) groups excluding carboxylic acids is 1. The molecule has 3 heterocycles. The average Bonchev–Trinajstić information content (AvgIpc) is 3.34. The zero-order valence-corrected chi connectivity index (χ0v) is 17.7. The molecule has 0 saturated carbocycles. The summed E-state index contributed by atoms with van der Waals surface area (Å²) in [6.07, 6.45) is 1.97. The van der Waals surface area contributed by atoms with Gasteiger partial charge < -0.3 is 9.80 Å². The lowest BCUT2D eigenvalue weighted by Crippen LogP contribution is -2.41. The Morgan fingerprint density at radius 3 is 2.72 bits per heavy atom. The lowest BCUT2D eigenvalue weighted by molar-refractivity contribution is 0.151. The number of nitrogens with zero attached hydrogens (tertiary/aromatic N) is 5. The summed E-state index contributed by atoms with van der Waals surface area (Å²) in [5, 5.41) is 4.47. The summed E-state index contributed by atoms with van der Waals surface area (Å²) in [5.74, 6) is 0.455. The second kappa shape index (κ2) is 7.78. The molecule has 6 nitrogen and oxygen atoms in total. The Kier molecular flexibility index (Phi) is 5.34. The van der Waals surface area contributed by atoms with Crippen LogP contribution in [0.4, 0.5) is 9.18 Å². The van der Waals surface area contributed by atoms with E-state index in [1.807, 2.05) is 21.8 Å². The fraction of sp³-hybridized carbons (Fsp3) is 0.545. The molecule has 1 aromatic heterocycles. The van der Waals surface area contributed by atoms with Gasteiger partial charge in [0.15, 0.2) is 0 Å². The minimum Gasteiger partial charge on any atom is -0.331 e. The van der Waals surface area contributed by atoms with Gasteiger partial charge in [0.1, 0.15) is 5.82 Å². The number of benzene rings is 1. The second-order valence-electron chi connectivity index (χ2n) is 8.52. The van der Waals surface area contributed by atoms with Crippen molar-refractivity contribution in [3.05, 3.63) is 53.1 Å². The second-order valence-corrected chi connectivity index (χ2v) is 8.52. The predicted molar refractivity (Wildman–Crippen MR) is 110 cm³/mol. The molecule has 0 bridgehead atoms. The maximum absolute atomic E-state index is 14.0. The third kappa shape index (κ3) is 3.64. The molecule has 2 aliphatic heterocycles. The molecule has 2 amide bonds. The quantitative estimate of drug-likeness (QED) is 0.793. The standard InChI is InChI=1S/C22H30FN5O/c1-5-28-15(2)17(10-24-28)11-26-12-18-13-27(22(29)25(3)4)21(20(18)14-26)16-7-6-8-19(23)9-16/h6-10,18,20-21H,5,11-14H2,1-4H3/t18-,20-,21-/m1/s1. The highest BCUT2D eigenvalue weighted by Gasteiger charge is 2.49. The van der Waals surface area contributed by atoms with Crippen LogP contribution in [0.25, 0.3) is 0 Å². The van der Waals surface area contributed by atoms with E-state index in [-0.39, 0.29) is 17.9 Å². The highest BCUT2D eigenvalue weighted by atomic mass is 19.1.